The van der Waals surface area contributed by atoms with Gasteiger partial charge in [0.25, 0.3) is 18.9 Å². The highest BCUT2D eigenvalue weighted by Gasteiger charge is 2.50. The van der Waals surface area contributed by atoms with Crippen LogP contribution in [0.4, 0.5) is 11.5 Å². The van der Waals surface area contributed by atoms with Crippen LogP contribution in [0.5, 0.6) is 11.5 Å². The molecule has 16 heteroatoms. The number of hydrogen-bond acceptors (Lipinski definition) is 14. The van der Waals surface area contributed by atoms with E-state index in [9.17, 15) is 29.1 Å². The molecule has 0 radical (unpaired) electrons. The van der Waals surface area contributed by atoms with E-state index in [1.807, 2.05) is 52.3 Å². The van der Waals surface area contributed by atoms with Crippen molar-refractivity contribution in [2.75, 3.05) is 43.4 Å². The number of likely N-dealkylation sites (tertiary alicyclic amines) is 1. The molecule has 58 heavy (non-hydrogen) atoms. The fourth-order valence-corrected chi connectivity index (χ4v) is 8.08. The SMILES string of the molecule is Nc1nnc(-c2ccccc2O)cc1N1CCC(NC(=O)C(CN2CCC(c3ccc(OC4CCC(=O)NC4=O)cc3)CC2)(OC=O)OC=O)(c2ccccc2)CC1. The average molecular weight is 792 g/mol. The number of carbonyl (C=O) groups is 5. The van der Waals surface area contributed by atoms with Crippen LogP contribution in [-0.2, 0) is 39.0 Å². The summed E-state index contributed by atoms with van der Waals surface area (Å²) in [6, 6.07) is 25.6. The Balaban J connectivity index is 1.03. The molecule has 0 bridgehead atoms. The van der Waals surface area contributed by atoms with Gasteiger partial charge in [-0.1, -0.05) is 54.6 Å². The molecule has 3 aromatic carbocycles. The predicted octanol–water partition coefficient (Wildman–Crippen LogP) is 3.15. The number of nitrogens with two attached hydrogens (primary N) is 1. The number of amides is 3. The van der Waals surface area contributed by atoms with Gasteiger partial charge < -0.3 is 35.3 Å². The first kappa shape index (κ1) is 39.7. The molecule has 0 saturated carbocycles. The maximum absolute atomic E-state index is 14.5. The maximum Gasteiger partial charge on any atom is 0.348 e. The van der Waals surface area contributed by atoms with Gasteiger partial charge in [-0.25, -0.2) is 0 Å². The lowest BCUT2D eigenvalue weighted by atomic mass is 9.80. The molecule has 0 spiro atoms. The molecule has 4 heterocycles. The third kappa shape index (κ3) is 8.56. The van der Waals surface area contributed by atoms with Crippen molar-refractivity contribution in [1.29, 1.82) is 0 Å². The number of imide groups is 1. The molecule has 1 atom stereocenters. The van der Waals surface area contributed by atoms with Crippen molar-refractivity contribution >= 4 is 42.2 Å². The van der Waals surface area contributed by atoms with Crippen molar-refractivity contribution in [1.82, 2.24) is 25.7 Å². The Morgan fingerprint density at radius 1 is 0.914 bits per heavy atom. The van der Waals surface area contributed by atoms with Gasteiger partial charge in [-0.15, -0.1) is 10.2 Å². The van der Waals surface area contributed by atoms with Crippen molar-refractivity contribution in [3.8, 4) is 22.8 Å². The van der Waals surface area contributed by atoms with E-state index >= 15 is 0 Å². The largest absolute Gasteiger partial charge is 0.507 e. The highest BCUT2D eigenvalue weighted by Crippen LogP contribution is 2.39. The van der Waals surface area contributed by atoms with E-state index in [0.29, 0.717) is 81.0 Å². The number of phenols is 1. The zero-order valence-electron chi connectivity index (χ0n) is 31.7. The normalized spacial score (nSPS) is 18.8. The van der Waals surface area contributed by atoms with E-state index in [2.05, 4.69) is 20.8 Å². The number of anilines is 2. The number of nitrogen functional groups attached to an aromatic ring is 1. The molecule has 4 aromatic rings. The standard InChI is InChI=1S/C42H45N7O9/c43-38-34(24-33(46-47-38)32-8-4-5-9-35(32)52)49-22-18-41(19-23-49,30-6-2-1-3-7-30)45-40(55)42(56-26-50,57-27-51)25-48-20-16-29(17-21-48)28-10-12-31(13-11-28)58-36-14-15-37(53)44-39(36)54/h1-13,24,26-27,29,36,52H,14-23,25H2,(H2,43,47)(H,45,55)(H,44,53,54). The summed E-state index contributed by atoms with van der Waals surface area (Å²) in [7, 11) is 0. The van der Waals surface area contributed by atoms with E-state index in [4.69, 9.17) is 19.9 Å². The lowest BCUT2D eigenvalue weighted by molar-refractivity contribution is -0.219. The summed E-state index contributed by atoms with van der Waals surface area (Å²) >= 11 is 0. The van der Waals surface area contributed by atoms with E-state index in [0.717, 1.165) is 11.1 Å². The van der Waals surface area contributed by atoms with Crippen LogP contribution in [0.25, 0.3) is 11.3 Å². The third-order valence-corrected chi connectivity index (χ3v) is 11.3. The minimum Gasteiger partial charge on any atom is -0.507 e. The Hall–Kier alpha value is -6.55. The van der Waals surface area contributed by atoms with Crippen molar-refractivity contribution in [2.45, 2.75) is 61.9 Å². The van der Waals surface area contributed by atoms with Crippen LogP contribution in [0, 0.1) is 0 Å². The molecular weight excluding hydrogens is 747 g/mol. The molecule has 3 aliphatic rings. The Morgan fingerprint density at radius 3 is 2.24 bits per heavy atom. The molecular formula is C42H45N7O9. The molecule has 3 saturated heterocycles. The minimum atomic E-state index is -2.27. The van der Waals surface area contributed by atoms with Crippen LogP contribution in [0.1, 0.15) is 55.6 Å². The smallest absolute Gasteiger partial charge is 0.348 e. The first-order chi connectivity index (χ1) is 28.1. The second-order valence-corrected chi connectivity index (χ2v) is 14.8. The van der Waals surface area contributed by atoms with Crippen molar-refractivity contribution < 1.29 is 43.3 Å². The van der Waals surface area contributed by atoms with Gasteiger partial charge in [-0.05, 0) is 86.1 Å². The van der Waals surface area contributed by atoms with Gasteiger partial charge >= 0.3 is 11.7 Å². The number of aromatic hydroxyl groups is 1. The molecule has 1 aromatic heterocycles. The molecule has 3 fully saturated rings. The van der Waals surface area contributed by atoms with Gasteiger partial charge in [0.1, 0.15) is 11.5 Å². The van der Waals surface area contributed by atoms with Crippen molar-refractivity contribution in [3.05, 3.63) is 96.1 Å². The number of hydrogen-bond donors (Lipinski definition) is 4. The fraction of sp³-hybridized carbons (Fsp3) is 0.357. The number of benzene rings is 3. The van der Waals surface area contributed by atoms with Gasteiger partial charge in [0, 0.05) is 31.5 Å². The number of para-hydroxylation sites is 1. The van der Waals surface area contributed by atoms with Crippen LogP contribution >= 0.6 is 0 Å². The summed E-state index contributed by atoms with van der Waals surface area (Å²) in [5.41, 5.74) is 8.85. The number of ether oxygens (including phenoxy) is 3. The quantitative estimate of drug-likeness (QED) is 0.0821. The van der Waals surface area contributed by atoms with Crippen molar-refractivity contribution in [3.63, 3.8) is 0 Å². The van der Waals surface area contributed by atoms with E-state index in [-0.39, 0.29) is 49.3 Å². The molecule has 5 N–H and O–H groups in total. The van der Waals surface area contributed by atoms with Crippen LogP contribution in [-0.4, -0.2) is 95.5 Å². The lowest BCUT2D eigenvalue weighted by Gasteiger charge is -2.45. The second-order valence-electron chi connectivity index (χ2n) is 14.8. The summed E-state index contributed by atoms with van der Waals surface area (Å²) in [5, 5.41) is 24.3. The fourth-order valence-electron chi connectivity index (χ4n) is 8.08. The number of nitrogens with zero attached hydrogens (tertiary/aromatic N) is 4. The summed E-state index contributed by atoms with van der Waals surface area (Å²) in [5.74, 6) is -2.81. The van der Waals surface area contributed by atoms with Crippen molar-refractivity contribution in [2.24, 2.45) is 0 Å². The number of piperidine rings is 3. The van der Waals surface area contributed by atoms with E-state index in [1.54, 1.807) is 42.5 Å². The summed E-state index contributed by atoms with van der Waals surface area (Å²) < 4.78 is 16.7. The zero-order valence-corrected chi connectivity index (χ0v) is 31.7. The number of aromatic nitrogens is 2. The molecule has 302 valence electrons. The highest BCUT2D eigenvalue weighted by molar-refractivity contribution is 6.00. The number of phenolic OH excluding ortho intramolecular Hbond substituents is 1. The van der Waals surface area contributed by atoms with Gasteiger partial charge in [0.05, 0.1) is 23.5 Å². The van der Waals surface area contributed by atoms with Gasteiger partial charge in [0.15, 0.2) is 11.9 Å². The van der Waals surface area contributed by atoms with Crippen LogP contribution in [0.2, 0.25) is 0 Å². The molecule has 3 aliphatic heterocycles. The highest BCUT2D eigenvalue weighted by atomic mass is 16.7. The van der Waals surface area contributed by atoms with E-state index in [1.165, 1.54) is 0 Å². The average Bonchev–Trinajstić information content (AvgIpc) is 3.24. The third-order valence-electron chi connectivity index (χ3n) is 11.3. The predicted molar refractivity (Wildman–Crippen MR) is 210 cm³/mol. The maximum atomic E-state index is 14.5. The first-order valence-electron chi connectivity index (χ1n) is 19.2. The molecule has 16 nitrogen and oxygen atoms in total. The summed E-state index contributed by atoms with van der Waals surface area (Å²) in [6.45, 7) is 1.94. The zero-order chi connectivity index (χ0) is 40.7. The van der Waals surface area contributed by atoms with Gasteiger partial charge in [0.2, 0.25) is 5.91 Å². The number of nitrogens with one attached hydrogen (secondary N) is 2. The van der Waals surface area contributed by atoms with Gasteiger partial charge in [-0.3, -0.25) is 34.2 Å². The Bertz CT molecular complexity index is 2110. The Labute approximate surface area is 334 Å². The second kappa shape index (κ2) is 17.3. The molecule has 3 amide bonds. The lowest BCUT2D eigenvalue weighted by Crippen LogP contribution is -2.63. The molecule has 7 rings (SSSR count). The molecule has 0 aliphatic carbocycles. The Kier molecular flexibility index (Phi) is 11.8. The molecule has 1 unspecified atom stereocenters. The summed E-state index contributed by atoms with van der Waals surface area (Å²) in [4.78, 5) is 66.0. The van der Waals surface area contributed by atoms with Crippen LogP contribution in [0.3, 0.4) is 0 Å². The minimum absolute atomic E-state index is 0.0607. The monoisotopic (exact) mass is 791 g/mol. The van der Waals surface area contributed by atoms with Crippen LogP contribution in [0.15, 0.2) is 84.9 Å². The van der Waals surface area contributed by atoms with Crippen LogP contribution < -0.4 is 26.0 Å². The number of carbonyl (C=O) groups excluding carboxylic acids is 5. The first-order valence-corrected chi connectivity index (χ1v) is 19.2. The Morgan fingerprint density at radius 2 is 1.59 bits per heavy atom. The topological polar surface area (TPSA) is 216 Å². The van der Waals surface area contributed by atoms with E-state index < -0.39 is 29.2 Å². The van der Waals surface area contributed by atoms with Gasteiger partial charge in [-0.2, -0.15) is 0 Å². The number of rotatable bonds is 14. The summed E-state index contributed by atoms with van der Waals surface area (Å²) in [6.07, 6.45) is 2.03.